The fraction of sp³-hybridized carbons (Fsp3) is 0.0833. The number of ketones is 1. The van der Waals surface area contributed by atoms with Gasteiger partial charge >= 0.3 is 0 Å². The highest BCUT2D eigenvalue weighted by Gasteiger charge is 2.47. The molecule has 1 atom stereocenters. The third-order valence-electron chi connectivity index (χ3n) is 5.32. The average molecular weight is 449 g/mol. The fourth-order valence-electron chi connectivity index (χ4n) is 3.71. The molecule has 1 aliphatic heterocycles. The molecule has 8 heteroatoms. The molecule has 1 saturated heterocycles. The van der Waals surface area contributed by atoms with Crippen LogP contribution in [-0.4, -0.2) is 21.7 Å². The van der Waals surface area contributed by atoms with E-state index in [4.69, 9.17) is 11.6 Å². The van der Waals surface area contributed by atoms with Crippen molar-refractivity contribution in [2.45, 2.75) is 13.0 Å². The summed E-state index contributed by atoms with van der Waals surface area (Å²) in [6, 6.07) is 17.8. The minimum Gasteiger partial charge on any atom is -0.507 e. The fourth-order valence-corrected chi connectivity index (χ4v) is 3.88. The first-order valence-electron chi connectivity index (χ1n) is 9.66. The molecule has 1 amide bonds. The van der Waals surface area contributed by atoms with Gasteiger partial charge in [0.05, 0.1) is 16.5 Å². The molecule has 160 valence electrons. The number of carbonyl (C=O) groups is 2. The summed E-state index contributed by atoms with van der Waals surface area (Å²) in [5, 5.41) is 22.7. The third-order valence-corrected chi connectivity index (χ3v) is 5.73. The quantitative estimate of drug-likeness (QED) is 0.195. The van der Waals surface area contributed by atoms with E-state index < -0.39 is 22.7 Å². The summed E-state index contributed by atoms with van der Waals surface area (Å²) in [4.78, 5) is 38.2. The number of aliphatic hydroxyl groups excluding tert-OH is 1. The number of halogens is 1. The van der Waals surface area contributed by atoms with E-state index in [1.54, 1.807) is 61.5 Å². The number of aliphatic hydroxyl groups is 1. The van der Waals surface area contributed by atoms with Crippen LogP contribution in [0.15, 0.2) is 78.4 Å². The van der Waals surface area contributed by atoms with Crippen molar-refractivity contribution in [3.8, 4) is 0 Å². The maximum Gasteiger partial charge on any atom is 0.300 e. The number of hydrogen-bond donors (Lipinski definition) is 1. The van der Waals surface area contributed by atoms with Crippen LogP contribution < -0.4 is 4.90 Å². The van der Waals surface area contributed by atoms with E-state index in [1.807, 2.05) is 0 Å². The highest BCUT2D eigenvalue weighted by atomic mass is 35.5. The number of benzene rings is 3. The highest BCUT2D eigenvalue weighted by molar-refractivity contribution is 6.51. The second-order valence-corrected chi connectivity index (χ2v) is 7.73. The molecule has 0 unspecified atom stereocenters. The van der Waals surface area contributed by atoms with E-state index in [2.05, 4.69) is 0 Å². The molecule has 1 aliphatic rings. The van der Waals surface area contributed by atoms with Crippen molar-refractivity contribution in [1.29, 1.82) is 0 Å². The van der Waals surface area contributed by atoms with Gasteiger partial charge in [0.1, 0.15) is 5.76 Å². The Morgan fingerprint density at radius 3 is 2.41 bits per heavy atom. The van der Waals surface area contributed by atoms with Crippen LogP contribution in [0.1, 0.15) is 22.7 Å². The lowest BCUT2D eigenvalue weighted by molar-refractivity contribution is -0.384. The predicted molar refractivity (Wildman–Crippen MR) is 121 cm³/mol. The second kappa shape index (κ2) is 8.28. The van der Waals surface area contributed by atoms with E-state index in [0.29, 0.717) is 21.8 Å². The van der Waals surface area contributed by atoms with Crippen LogP contribution in [0.3, 0.4) is 0 Å². The molecule has 0 aromatic heterocycles. The SMILES string of the molecule is Cc1ccc(N2C(=O)C(=O)/C(=C(/O)c3ccccc3)[C@@H]2c2cccc([N+](=O)[O-])c2)cc1Cl. The molecule has 0 saturated carbocycles. The van der Waals surface area contributed by atoms with Crippen molar-refractivity contribution in [1.82, 2.24) is 0 Å². The van der Waals surface area contributed by atoms with Gasteiger partial charge in [-0.15, -0.1) is 0 Å². The molecular formula is C24H17ClN2O5. The van der Waals surface area contributed by atoms with Crippen LogP contribution in [0.25, 0.3) is 5.76 Å². The molecule has 3 aromatic carbocycles. The van der Waals surface area contributed by atoms with Crippen molar-refractivity contribution in [2.75, 3.05) is 4.90 Å². The lowest BCUT2D eigenvalue weighted by Gasteiger charge is -2.25. The largest absolute Gasteiger partial charge is 0.507 e. The summed E-state index contributed by atoms with van der Waals surface area (Å²) in [5.41, 5.74) is 1.43. The predicted octanol–water partition coefficient (Wildman–Crippen LogP) is 5.18. The lowest BCUT2D eigenvalue weighted by atomic mass is 9.95. The van der Waals surface area contributed by atoms with Gasteiger partial charge in [-0.3, -0.25) is 24.6 Å². The molecule has 0 spiro atoms. The molecule has 4 rings (SSSR count). The van der Waals surface area contributed by atoms with Crippen LogP contribution in [0.4, 0.5) is 11.4 Å². The first-order valence-corrected chi connectivity index (χ1v) is 10.0. The molecule has 0 aliphatic carbocycles. The maximum absolute atomic E-state index is 13.1. The van der Waals surface area contributed by atoms with Crippen molar-refractivity contribution in [3.05, 3.63) is 110 Å². The number of non-ortho nitro benzene ring substituents is 1. The minimum absolute atomic E-state index is 0.154. The van der Waals surface area contributed by atoms with Gasteiger partial charge in [0.15, 0.2) is 0 Å². The number of hydrogen-bond acceptors (Lipinski definition) is 5. The minimum atomic E-state index is -1.08. The summed E-state index contributed by atoms with van der Waals surface area (Å²) in [6.07, 6.45) is 0. The van der Waals surface area contributed by atoms with E-state index in [-0.39, 0.29) is 17.0 Å². The number of anilines is 1. The normalized spacial score (nSPS) is 17.6. The van der Waals surface area contributed by atoms with Crippen LogP contribution in [0.5, 0.6) is 0 Å². The van der Waals surface area contributed by atoms with Crippen LogP contribution in [0, 0.1) is 17.0 Å². The summed E-state index contributed by atoms with van der Waals surface area (Å²) < 4.78 is 0. The lowest BCUT2D eigenvalue weighted by Crippen LogP contribution is -2.29. The molecule has 1 fully saturated rings. The van der Waals surface area contributed by atoms with Crippen LogP contribution >= 0.6 is 11.6 Å². The standard InChI is InChI=1S/C24H17ClN2O5/c1-14-10-11-17(13-19(14)25)26-21(16-8-5-9-18(12-16)27(31)32)20(23(29)24(26)30)22(28)15-6-3-2-4-7-15/h2-13,21,28H,1H3/b22-20+/t21-/m0/s1. The molecule has 0 radical (unpaired) electrons. The zero-order valence-electron chi connectivity index (χ0n) is 16.9. The summed E-state index contributed by atoms with van der Waals surface area (Å²) in [5.74, 6) is -2.11. The van der Waals surface area contributed by atoms with Crippen molar-refractivity contribution in [3.63, 3.8) is 0 Å². The van der Waals surface area contributed by atoms with E-state index in [0.717, 1.165) is 5.56 Å². The van der Waals surface area contributed by atoms with Gasteiger partial charge in [-0.05, 0) is 30.2 Å². The topological polar surface area (TPSA) is 101 Å². The summed E-state index contributed by atoms with van der Waals surface area (Å²) in [7, 11) is 0. The Bertz CT molecular complexity index is 1290. The smallest absolute Gasteiger partial charge is 0.300 e. The number of nitro benzene ring substituents is 1. The molecule has 1 heterocycles. The first-order chi connectivity index (χ1) is 15.3. The van der Waals surface area contributed by atoms with Gasteiger partial charge < -0.3 is 5.11 Å². The second-order valence-electron chi connectivity index (χ2n) is 7.32. The third kappa shape index (κ3) is 3.63. The molecule has 3 aromatic rings. The number of rotatable bonds is 4. The van der Waals surface area contributed by atoms with Crippen molar-refractivity contribution >= 4 is 40.4 Å². The van der Waals surface area contributed by atoms with Crippen molar-refractivity contribution in [2.24, 2.45) is 0 Å². The van der Waals surface area contributed by atoms with Gasteiger partial charge in [-0.25, -0.2) is 0 Å². The Hall–Kier alpha value is -3.97. The monoisotopic (exact) mass is 448 g/mol. The zero-order chi connectivity index (χ0) is 23.0. The van der Waals surface area contributed by atoms with Gasteiger partial charge in [-0.2, -0.15) is 0 Å². The number of amides is 1. The first kappa shape index (κ1) is 21.3. The molecule has 32 heavy (non-hydrogen) atoms. The number of carbonyl (C=O) groups excluding carboxylic acids is 2. The number of Topliss-reactive ketones (excluding diaryl/α,β-unsaturated/α-hetero) is 1. The van der Waals surface area contributed by atoms with Crippen LogP contribution in [-0.2, 0) is 9.59 Å². The van der Waals surface area contributed by atoms with Gasteiger partial charge in [0.25, 0.3) is 17.4 Å². The maximum atomic E-state index is 13.1. The zero-order valence-corrected chi connectivity index (χ0v) is 17.6. The number of nitrogens with zero attached hydrogens (tertiary/aromatic N) is 2. The highest BCUT2D eigenvalue weighted by Crippen LogP contribution is 2.43. The van der Waals surface area contributed by atoms with E-state index in [9.17, 15) is 24.8 Å². The Balaban J connectivity index is 1.98. The van der Waals surface area contributed by atoms with Gasteiger partial charge in [0.2, 0.25) is 0 Å². The van der Waals surface area contributed by atoms with Crippen LogP contribution in [0.2, 0.25) is 5.02 Å². The Morgan fingerprint density at radius 1 is 1.03 bits per heavy atom. The number of nitro groups is 1. The molecular weight excluding hydrogens is 432 g/mol. The average Bonchev–Trinajstić information content (AvgIpc) is 3.06. The van der Waals surface area contributed by atoms with Crippen molar-refractivity contribution < 1.29 is 19.6 Å². The molecule has 0 bridgehead atoms. The Kier molecular flexibility index (Phi) is 5.50. The van der Waals surface area contributed by atoms with E-state index >= 15 is 0 Å². The summed E-state index contributed by atoms with van der Waals surface area (Å²) >= 11 is 6.26. The molecule has 1 N–H and O–H groups in total. The van der Waals surface area contributed by atoms with Gasteiger partial charge in [-0.1, -0.05) is 60.1 Å². The Labute approximate surface area is 188 Å². The molecule has 7 nitrogen and oxygen atoms in total. The Morgan fingerprint density at radius 2 is 1.75 bits per heavy atom. The van der Waals surface area contributed by atoms with E-state index in [1.165, 1.54) is 23.1 Å². The number of aryl methyl sites for hydroxylation is 1. The summed E-state index contributed by atoms with van der Waals surface area (Å²) in [6.45, 7) is 1.80. The van der Waals surface area contributed by atoms with Gasteiger partial charge in [0, 0.05) is 28.4 Å².